The van der Waals surface area contributed by atoms with Crippen molar-refractivity contribution in [3.63, 3.8) is 0 Å². The van der Waals surface area contributed by atoms with Crippen LogP contribution in [0, 0.1) is 5.92 Å². The molecule has 0 spiro atoms. The van der Waals surface area contributed by atoms with Crippen molar-refractivity contribution in [2.75, 3.05) is 19.6 Å². The predicted octanol–water partition coefficient (Wildman–Crippen LogP) is 4.24. The Kier molecular flexibility index (Phi) is 6.72. The van der Waals surface area contributed by atoms with E-state index in [4.69, 9.17) is 9.15 Å². The van der Waals surface area contributed by atoms with E-state index in [-0.39, 0.29) is 6.09 Å². The monoisotopic (exact) mass is 450 g/mol. The Morgan fingerprint density at radius 3 is 2.75 bits per heavy atom. The van der Waals surface area contributed by atoms with E-state index in [1.165, 1.54) is 0 Å². The van der Waals surface area contributed by atoms with Crippen molar-refractivity contribution in [3.8, 4) is 11.5 Å². The smallest absolute Gasteiger partial charge is 0.407 e. The van der Waals surface area contributed by atoms with Gasteiger partial charge in [0.1, 0.15) is 5.60 Å². The summed E-state index contributed by atoms with van der Waals surface area (Å²) in [6, 6.07) is 7.81. The number of ether oxygens (including phenoxy) is 1. The number of rotatable bonds is 5. The number of piperidine rings is 1. The fraction of sp³-hybridized carbons (Fsp3) is 0.550. The van der Waals surface area contributed by atoms with Crippen LogP contribution in [-0.4, -0.2) is 46.4 Å². The minimum absolute atomic E-state index is 0.346. The van der Waals surface area contributed by atoms with Crippen LogP contribution in [0.5, 0.6) is 0 Å². The SMILES string of the molecule is CC(C)(C)OC(=O)NCC1CCN(Cc2nnc(-c3cccc(Br)c3)o2)CC1. The molecule has 1 aromatic carbocycles. The lowest BCUT2D eigenvalue weighted by Crippen LogP contribution is -2.40. The van der Waals surface area contributed by atoms with Gasteiger partial charge in [0.05, 0.1) is 6.54 Å². The average Bonchev–Trinajstić information content (AvgIpc) is 3.08. The number of amides is 1. The highest BCUT2D eigenvalue weighted by Crippen LogP contribution is 2.23. The highest BCUT2D eigenvalue weighted by molar-refractivity contribution is 9.10. The van der Waals surface area contributed by atoms with Crippen LogP contribution < -0.4 is 5.32 Å². The van der Waals surface area contributed by atoms with Crippen molar-refractivity contribution in [2.45, 2.75) is 45.8 Å². The average molecular weight is 451 g/mol. The maximum atomic E-state index is 11.8. The highest BCUT2D eigenvalue weighted by Gasteiger charge is 2.23. The number of benzene rings is 1. The third kappa shape index (κ3) is 6.31. The molecule has 1 aliphatic rings. The molecule has 8 heteroatoms. The molecular formula is C20H27BrN4O3. The van der Waals surface area contributed by atoms with Crippen LogP contribution in [0.4, 0.5) is 4.79 Å². The standard InChI is InChI=1S/C20H27BrN4O3/c1-20(2,3)28-19(26)22-12-14-7-9-25(10-8-14)13-17-23-24-18(27-17)15-5-4-6-16(21)11-15/h4-6,11,14H,7-10,12-13H2,1-3H3,(H,22,26). The van der Waals surface area contributed by atoms with Crippen LogP contribution in [0.15, 0.2) is 33.2 Å². The number of carbonyl (C=O) groups is 1. The van der Waals surface area contributed by atoms with Crippen molar-refractivity contribution < 1.29 is 13.9 Å². The molecule has 1 aliphatic heterocycles. The van der Waals surface area contributed by atoms with Gasteiger partial charge in [-0.05, 0) is 70.8 Å². The Morgan fingerprint density at radius 1 is 1.32 bits per heavy atom. The number of aromatic nitrogens is 2. The first-order valence-corrected chi connectivity index (χ1v) is 10.4. The number of likely N-dealkylation sites (tertiary alicyclic amines) is 1. The van der Waals surface area contributed by atoms with E-state index in [0.717, 1.165) is 36.0 Å². The molecule has 0 atom stereocenters. The van der Waals surface area contributed by atoms with E-state index in [0.29, 0.717) is 30.8 Å². The van der Waals surface area contributed by atoms with E-state index in [9.17, 15) is 4.79 Å². The van der Waals surface area contributed by atoms with Gasteiger partial charge >= 0.3 is 6.09 Å². The third-order valence-corrected chi connectivity index (χ3v) is 5.03. The Labute approximate surface area is 174 Å². The summed E-state index contributed by atoms with van der Waals surface area (Å²) in [6.07, 6.45) is 1.69. The summed E-state index contributed by atoms with van der Waals surface area (Å²) < 4.78 is 12.1. The van der Waals surface area contributed by atoms with E-state index in [1.54, 1.807) is 0 Å². The van der Waals surface area contributed by atoms with Crippen LogP contribution in [0.25, 0.3) is 11.5 Å². The lowest BCUT2D eigenvalue weighted by molar-refractivity contribution is 0.0509. The van der Waals surface area contributed by atoms with Crippen molar-refractivity contribution >= 4 is 22.0 Å². The number of hydrogen-bond acceptors (Lipinski definition) is 6. The van der Waals surface area contributed by atoms with Gasteiger partial charge in [-0.3, -0.25) is 4.90 Å². The number of alkyl carbamates (subject to hydrolysis) is 1. The fourth-order valence-electron chi connectivity index (χ4n) is 3.14. The van der Waals surface area contributed by atoms with Gasteiger partial charge in [0.2, 0.25) is 11.8 Å². The van der Waals surface area contributed by atoms with E-state index < -0.39 is 5.60 Å². The summed E-state index contributed by atoms with van der Waals surface area (Å²) in [4.78, 5) is 14.1. The molecular weight excluding hydrogens is 424 g/mol. The predicted molar refractivity (Wildman–Crippen MR) is 110 cm³/mol. The quantitative estimate of drug-likeness (QED) is 0.733. The van der Waals surface area contributed by atoms with Crippen LogP contribution in [0.2, 0.25) is 0 Å². The summed E-state index contributed by atoms with van der Waals surface area (Å²) in [6.45, 7) is 8.77. The van der Waals surface area contributed by atoms with Gasteiger partial charge in [-0.1, -0.05) is 22.0 Å². The number of hydrogen-bond donors (Lipinski definition) is 1. The zero-order valence-electron chi connectivity index (χ0n) is 16.6. The molecule has 152 valence electrons. The first-order chi connectivity index (χ1) is 13.3. The summed E-state index contributed by atoms with van der Waals surface area (Å²) in [5.41, 5.74) is 0.437. The van der Waals surface area contributed by atoms with Crippen molar-refractivity contribution in [1.29, 1.82) is 0 Å². The highest BCUT2D eigenvalue weighted by atomic mass is 79.9. The molecule has 1 aromatic heterocycles. The maximum absolute atomic E-state index is 11.8. The van der Waals surface area contributed by atoms with Crippen molar-refractivity contribution in [1.82, 2.24) is 20.4 Å². The van der Waals surface area contributed by atoms with Crippen molar-refractivity contribution in [3.05, 3.63) is 34.6 Å². The normalized spacial score (nSPS) is 16.1. The van der Waals surface area contributed by atoms with Gasteiger partial charge in [-0.2, -0.15) is 0 Å². The minimum atomic E-state index is -0.466. The second-order valence-corrected chi connectivity index (χ2v) is 9.03. The molecule has 1 saturated heterocycles. The van der Waals surface area contributed by atoms with Gasteiger partial charge in [-0.25, -0.2) is 4.79 Å². The number of halogens is 1. The molecule has 0 saturated carbocycles. The number of carbonyl (C=O) groups excluding carboxylic acids is 1. The lowest BCUT2D eigenvalue weighted by Gasteiger charge is -2.31. The summed E-state index contributed by atoms with van der Waals surface area (Å²) in [5.74, 6) is 1.62. The minimum Gasteiger partial charge on any atom is -0.444 e. The van der Waals surface area contributed by atoms with Crippen molar-refractivity contribution in [2.24, 2.45) is 5.92 Å². The van der Waals surface area contributed by atoms with E-state index in [1.807, 2.05) is 45.0 Å². The number of nitrogens with zero attached hydrogens (tertiary/aromatic N) is 3. The number of nitrogens with one attached hydrogen (secondary N) is 1. The fourth-order valence-corrected chi connectivity index (χ4v) is 3.54. The summed E-state index contributed by atoms with van der Waals surface area (Å²) in [7, 11) is 0. The van der Waals surface area contributed by atoms with Gasteiger partial charge in [0.25, 0.3) is 0 Å². The zero-order valence-corrected chi connectivity index (χ0v) is 18.2. The first kappa shape index (κ1) is 20.8. The molecule has 2 aromatic rings. The second kappa shape index (κ2) is 9.05. The van der Waals surface area contributed by atoms with Gasteiger partial charge < -0.3 is 14.5 Å². The molecule has 1 N–H and O–H groups in total. The van der Waals surface area contributed by atoms with Crippen LogP contribution >= 0.6 is 15.9 Å². The summed E-state index contributed by atoms with van der Waals surface area (Å²) in [5, 5.41) is 11.2. The molecule has 0 bridgehead atoms. The molecule has 0 aliphatic carbocycles. The molecule has 0 radical (unpaired) electrons. The Morgan fingerprint density at radius 2 is 2.07 bits per heavy atom. The zero-order chi connectivity index (χ0) is 20.1. The van der Waals surface area contributed by atoms with Crippen LogP contribution in [-0.2, 0) is 11.3 Å². The molecule has 7 nitrogen and oxygen atoms in total. The Hall–Kier alpha value is -1.93. The van der Waals surface area contributed by atoms with Crippen LogP contribution in [0.3, 0.4) is 0 Å². The lowest BCUT2D eigenvalue weighted by atomic mass is 9.97. The van der Waals surface area contributed by atoms with Gasteiger partial charge in [-0.15, -0.1) is 10.2 Å². The molecule has 1 fully saturated rings. The van der Waals surface area contributed by atoms with Gasteiger partial charge in [0.15, 0.2) is 0 Å². The maximum Gasteiger partial charge on any atom is 0.407 e. The molecule has 2 heterocycles. The molecule has 3 rings (SSSR count). The Bertz CT molecular complexity index is 795. The van der Waals surface area contributed by atoms with Crippen LogP contribution in [0.1, 0.15) is 39.5 Å². The molecule has 28 heavy (non-hydrogen) atoms. The van der Waals surface area contributed by atoms with E-state index in [2.05, 4.69) is 36.3 Å². The molecule has 1 amide bonds. The summed E-state index contributed by atoms with van der Waals surface area (Å²) >= 11 is 3.46. The third-order valence-electron chi connectivity index (χ3n) is 4.54. The second-order valence-electron chi connectivity index (χ2n) is 8.11. The first-order valence-electron chi connectivity index (χ1n) is 9.56. The molecule has 0 unspecified atom stereocenters. The van der Waals surface area contributed by atoms with E-state index >= 15 is 0 Å². The van der Waals surface area contributed by atoms with Gasteiger partial charge in [0, 0.05) is 16.6 Å². The largest absolute Gasteiger partial charge is 0.444 e. The topological polar surface area (TPSA) is 80.5 Å². The Balaban J connectivity index is 1.43.